The lowest BCUT2D eigenvalue weighted by molar-refractivity contribution is 0.0979. The van der Waals surface area contributed by atoms with Crippen LogP contribution in [0.1, 0.15) is 21.5 Å². The van der Waals surface area contributed by atoms with Crippen molar-refractivity contribution in [1.82, 2.24) is 10.3 Å². The summed E-state index contributed by atoms with van der Waals surface area (Å²) < 4.78 is 5.94. The summed E-state index contributed by atoms with van der Waals surface area (Å²) >= 11 is 11.6. The minimum absolute atomic E-state index is 0.0130. The van der Waals surface area contributed by atoms with Gasteiger partial charge in [-0.05, 0) is 79.0 Å². The van der Waals surface area contributed by atoms with E-state index < -0.39 is 0 Å². The molecule has 174 valence electrons. The first-order valence-corrected chi connectivity index (χ1v) is 11.6. The Morgan fingerprint density at radius 3 is 2.63 bits per heavy atom. The standard InChI is InChI=1S/C27H20ClN3O3S/c1-14-11-15(2)24-22(12-14)30-26(34-24)20-13-16(9-10-23(20)32)29-27(35)31-25(33)19-7-3-6-18-17(19)5-4-8-21(18)28/h3-13,32H,1-2H3,(H2,29,31,33,35). The zero-order valence-corrected chi connectivity index (χ0v) is 20.4. The molecule has 0 bridgehead atoms. The second-order valence-electron chi connectivity index (χ2n) is 8.23. The van der Waals surface area contributed by atoms with Gasteiger partial charge in [0.05, 0.1) is 5.56 Å². The maximum atomic E-state index is 12.9. The Balaban J connectivity index is 1.38. The van der Waals surface area contributed by atoms with E-state index in [4.69, 9.17) is 28.2 Å². The molecule has 0 saturated carbocycles. The number of fused-ring (bicyclic) bond motifs is 2. The van der Waals surface area contributed by atoms with E-state index in [0.29, 0.717) is 32.9 Å². The zero-order valence-electron chi connectivity index (χ0n) is 18.8. The normalized spacial score (nSPS) is 11.1. The number of amides is 1. The minimum Gasteiger partial charge on any atom is -0.507 e. The van der Waals surface area contributed by atoms with Crippen molar-refractivity contribution >= 4 is 62.4 Å². The van der Waals surface area contributed by atoms with Gasteiger partial charge in [0.1, 0.15) is 11.3 Å². The Kier molecular flexibility index (Phi) is 5.88. The van der Waals surface area contributed by atoms with Gasteiger partial charge in [0.15, 0.2) is 10.7 Å². The third-order valence-corrected chi connectivity index (χ3v) is 6.18. The SMILES string of the molecule is Cc1cc(C)c2oc(-c3cc(NC(=S)NC(=O)c4cccc5c(Cl)cccc45)ccc3O)nc2c1. The third kappa shape index (κ3) is 4.43. The highest BCUT2D eigenvalue weighted by Crippen LogP contribution is 2.34. The summed E-state index contributed by atoms with van der Waals surface area (Å²) in [5.74, 6) is -0.0596. The highest BCUT2D eigenvalue weighted by Gasteiger charge is 2.16. The molecule has 0 unspecified atom stereocenters. The number of hydrogen-bond donors (Lipinski definition) is 3. The largest absolute Gasteiger partial charge is 0.507 e. The summed E-state index contributed by atoms with van der Waals surface area (Å²) in [7, 11) is 0. The topological polar surface area (TPSA) is 87.4 Å². The van der Waals surface area contributed by atoms with Crippen LogP contribution in [0.3, 0.4) is 0 Å². The van der Waals surface area contributed by atoms with Gasteiger partial charge >= 0.3 is 0 Å². The lowest BCUT2D eigenvalue weighted by Gasteiger charge is -2.12. The molecule has 0 radical (unpaired) electrons. The summed E-state index contributed by atoms with van der Waals surface area (Å²) in [6, 6.07) is 19.5. The predicted octanol–water partition coefficient (Wildman–Crippen LogP) is 6.75. The predicted molar refractivity (Wildman–Crippen MR) is 143 cm³/mol. The summed E-state index contributed by atoms with van der Waals surface area (Å²) in [5.41, 5.74) is 4.84. The summed E-state index contributed by atoms with van der Waals surface area (Å²) in [6.45, 7) is 3.94. The van der Waals surface area contributed by atoms with E-state index in [1.165, 1.54) is 6.07 Å². The van der Waals surface area contributed by atoms with Crippen LogP contribution in [0.2, 0.25) is 5.02 Å². The third-order valence-electron chi connectivity index (χ3n) is 5.65. The van der Waals surface area contributed by atoms with Crippen molar-refractivity contribution in [2.75, 3.05) is 5.32 Å². The van der Waals surface area contributed by atoms with Gasteiger partial charge in [-0.15, -0.1) is 0 Å². The Labute approximate surface area is 211 Å². The molecule has 5 aromatic rings. The molecule has 0 aliphatic carbocycles. The molecule has 0 aliphatic heterocycles. The van der Waals surface area contributed by atoms with E-state index in [2.05, 4.69) is 15.6 Å². The van der Waals surface area contributed by atoms with E-state index >= 15 is 0 Å². The van der Waals surface area contributed by atoms with E-state index in [1.807, 2.05) is 38.1 Å². The van der Waals surface area contributed by atoms with Crippen LogP contribution in [0.5, 0.6) is 5.75 Å². The Morgan fingerprint density at radius 1 is 1.03 bits per heavy atom. The number of aromatic hydroxyl groups is 1. The number of carbonyl (C=O) groups excluding carboxylic acids is 1. The van der Waals surface area contributed by atoms with E-state index in [1.54, 1.807) is 36.4 Å². The molecule has 8 heteroatoms. The molecule has 35 heavy (non-hydrogen) atoms. The Hall–Kier alpha value is -3.94. The van der Waals surface area contributed by atoms with Crippen molar-refractivity contribution in [2.45, 2.75) is 13.8 Å². The van der Waals surface area contributed by atoms with Crippen LogP contribution >= 0.6 is 23.8 Å². The molecule has 0 saturated heterocycles. The molecule has 3 N–H and O–H groups in total. The first kappa shape index (κ1) is 22.8. The van der Waals surface area contributed by atoms with Crippen LogP contribution in [0.4, 0.5) is 5.69 Å². The summed E-state index contributed by atoms with van der Waals surface area (Å²) in [4.78, 5) is 17.5. The van der Waals surface area contributed by atoms with Crippen molar-refractivity contribution in [3.8, 4) is 17.2 Å². The number of carbonyl (C=O) groups is 1. The number of oxazole rings is 1. The number of halogens is 1. The Bertz CT molecular complexity index is 1640. The number of anilines is 1. The molecule has 1 amide bonds. The molecular weight excluding hydrogens is 482 g/mol. The van der Waals surface area contributed by atoms with Crippen molar-refractivity contribution in [2.24, 2.45) is 0 Å². The molecule has 0 aliphatic rings. The fourth-order valence-electron chi connectivity index (χ4n) is 4.08. The number of nitrogens with zero attached hydrogens (tertiary/aromatic N) is 1. The quantitative estimate of drug-likeness (QED) is 0.187. The van der Waals surface area contributed by atoms with E-state index in [0.717, 1.165) is 21.9 Å². The average Bonchev–Trinajstić information content (AvgIpc) is 3.24. The number of benzene rings is 4. The molecule has 0 atom stereocenters. The van der Waals surface area contributed by atoms with Gasteiger partial charge in [-0.2, -0.15) is 0 Å². The van der Waals surface area contributed by atoms with Gasteiger partial charge in [0.2, 0.25) is 5.89 Å². The summed E-state index contributed by atoms with van der Waals surface area (Å²) in [6.07, 6.45) is 0. The van der Waals surface area contributed by atoms with Crippen molar-refractivity contribution in [1.29, 1.82) is 0 Å². The molecule has 1 heterocycles. The van der Waals surface area contributed by atoms with Gasteiger partial charge in [-0.25, -0.2) is 4.98 Å². The average molecular weight is 502 g/mol. The van der Waals surface area contributed by atoms with Gasteiger partial charge in [0.25, 0.3) is 5.91 Å². The number of rotatable bonds is 3. The van der Waals surface area contributed by atoms with Crippen LogP contribution in [-0.4, -0.2) is 21.1 Å². The minimum atomic E-state index is -0.362. The molecular formula is C27H20ClN3O3S. The van der Waals surface area contributed by atoms with Gasteiger partial charge in [-0.3, -0.25) is 10.1 Å². The number of phenols is 1. The number of thiocarbonyl (C=S) groups is 1. The second kappa shape index (κ2) is 9.02. The molecule has 1 aromatic heterocycles. The van der Waals surface area contributed by atoms with Crippen LogP contribution < -0.4 is 10.6 Å². The first-order valence-electron chi connectivity index (χ1n) is 10.8. The van der Waals surface area contributed by atoms with E-state index in [-0.39, 0.29) is 22.7 Å². The van der Waals surface area contributed by atoms with Gasteiger partial charge < -0.3 is 14.8 Å². The highest BCUT2D eigenvalue weighted by molar-refractivity contribution is 7.80. The first-order chi connectivity index (χ1) is 16.8. The number of aromatic nitrogens is 1. The molecule has 6 nitrogen and oxygen atoms in total. The smallest absolute Gasteiger partial charge is 0.258 e. The lowest BCUT2D eigenvalue weighted by atomic mass is 10.0. The molecule has 4 aromatic carbocycles. The highest BCUT2D eigenvalue weighted by atomic mass is 35.5. The van der Waals surface area contributed by atoms with Crippen LogP contribution in [0.25, 0.3) is 33.3 Å². The second-order valence-corrected chi connectivity index (χ2v) is 9.05. The maximum absolute atomic E-state index is 12.9. The monoisotopic (exact) mass is 501 g/mol. The van der Waals surface area contributed by atoms with Crippen LogP contribution in [-0.2, 0) is 0 Å². The van der Waals surface area contributed by atoms with Crippen molar-refractivity contribution in [3.05, 3.63) is 88.4 Å². The molecule has 0 spiro atoms. The number of nitrogens with one attached hydrogen (secondary N) is 2. The number of hydrogen-bond acceptors (Lipinski definition) is 5. The van der Waals surface area contributed by atoms with Gasteiger partial charge in [-0.1, -0.05) is 41.9 Å². The fourth-order valence-corrected chi connectivity index (χ4v) is 4.53. The summed E-state index contributed by atoms with van der Waals surface area (Å²) in [5, 5.41) is 18.3. The number of aryl methyl sites for hydroxylation is 2. The zero-order chi connectivity index (χ0) is 24.7. The maximum Gasteiger partial charge on any atom is 0.258 e. The molecule has 5 rings (SSSR count). The van der Waals surface area contributed by atoms with E-state index in [9.17, 15) is 9.90 Å². The molecule has 0 fully saturated rings. The number of phenolic OH excluding ortho intramolecular Hbond substituents is 1. The van der Waals surface area contributed by atoms with Crippen LogP contribution in [0.15, 0.2) is 71.1 Å². The van der Waals surface area contributed by atoms with Crippen molar-refractivity contribution < 1.29 is 14.3 Å². The lowest BCUT2D eigenvalue weighted by Crippen LogP contribution is -2.34. The van der Waals surface area contributed by atoms with Crippen LogP contribution in [0, 0.1) is 13.8 Å². The van der Waals surface area contributed by atoms with Gasteiger partial charge in [0, 0.05) is 21.7 Å². The fraction of sp³-hybridized carbons (Fsp3) is 0.0741. The van der Waals surface area contributed by atoms with Crippen molar-refractivity contribution in [3.63, 3.8) is 0 Å². The Morgan fingerprint density at radius 2 is 1.80 bits per heavy atom.